The van der Waals surface area contributed by atoms with Gasteiger partial charge < -0.3 is 0 Å². The van der Waals surface area contributed by atoms with Gasteiger partial charge in [-0.1, -0.05) is 29.3 Å². The zero-order valence-electron chi connectivity index (χ0n) is 5.16. The van der Waals surface area contributed by atoms with Crippen LogP contribution in [0.3, 0.4) is 0 Å². The molecule has 0 bridgehead atoms. The van der Waals surface area contributed by atoms with Crippen LogP contribution in [0, 0.1) is 0 Å². The first kappa shape index (κ1) is 8.77. The van der Waals surface area contributed by atoms with Gasteiger partial charge in [-0.05, 0) is 12.8 Å². The van der Waals surface area contributed by atoms with Gasteiger partial charge in [0.2, 0.25) is 0 Å². The minimum atomic E-state index is 0.644. The van der Waals surface area contributed by atoms with Crippen molar-refractivity contribution in [3.05, 3.63) is 0 Å². The van der Waals surface area contributed by atoms with Crippen LogP contribution in [0.15, 0.2) is 0 Å². The molecule has 0 aromatic rings. The molecule has 2 heteroatoms. The highest BCUT2D eigenvalue weighted by atomic mass is 79.9. The fourth-order valence-corrected chi connectivity index (χ4v) is 1.79. The number of hydrogen-bond acceptors (Lipinski definition) is 0. The van der Waals surface area contributed by atoms with Gasteiger partial charge >= 0.3 is 0 Å². The maximum atomic E-state index is 5.50. The summed E-state index contributed by atoms with van der Waals surface area (Å²) in [5, 5.41) is 0. The van der Waals surface area contributed by atoms with E-state index in [-0.39, 0.29) is 0 Å². The average Bonchev–Trinajstić information content (AvgIpc) is 1.68. The molecule has 0 fully saturated rings. The lowest BCUT2D eigenvalue weighted by Gasteiger charge is -2.02. The quantitative estimate of drug-likeness (QED) is 0.610. The Labute approximate surface area is 64.7 Å². The highest BCUT2D eigenvalue weighted by Crippen LogP contribution is 2.11. The molecule has 0 aromatic carbocycles. The second-order valence-corrected chi connectivity index (χ2v) is 3.54. The summed E-state index contributed by atoms with van der Waals surface area (Å²) in [5.74, 6) is 0.774. The Morgan fingerprint density at radius 2 is 2.12 bits per heavy atom. The molecule has 0 rings (SSSR count). The average molecular weight is 200 g/mol. The molecule has 0 saturated carbocycles. The van der Waals surface area contributed by atoms with Crippen molar-refractivity contribution in [2.45, 2.75) is 31.0 Å². The highest BCUT2D eigenvalue weighted by Gasteiger charge is 1.98. The van der Waals surface area contributed by atoms with Crippen LogP contribution in [-0.2, 0) is 0 Å². The summed E-state index contributed by atoms with van der Waals surface area (Å²) in [6.07, 6.45) is 3.58. The highest BCUT2D eigenvalue weighted by molar-refractivity contribution is 9.09. The van der Waals surface area contributed by atoms with Crippen molar-refractivity contribution in [3.8, 4) is 0 Å². The Bertz CT molecular complexity index is 41.8. The van der Waals surface area contributed by atoms with Crippen LogP contribution >= 0.6 is 27.5 Å². The minimum absolute atomic E-state index is 0.644. The van der Waals surface area contributed by atoms with E-state index in [1.807, 2.05) is 0 Å². The standard InChI is InChI=1S/C6H12BrCl/c1-2-3-6(7)4-5-8/h6H,2-5H2,1H3. The van der Waals surface area contributed by atoms with E-state index in [0.717, 1.165) is 12.3 Å². The van der Waals surface area contributed by atoms with Crippen LogP contribution in [-0.4, -0.2) is 10.7 Å². The first-order chi connectivity index (χ1) is 3.81. The lowest BCUT2D eigenvalue weighted by Crippen LogP contribution is -1.96. The molecule has 0 aromatic heterocycles. The third kappa shape index (κ3) is 4.92. The second-order valence-electron chi connectivity index (χ2n) is 1.86. The van der Waals surface area contributed by atoms with Crippen molar-refractivity contribution in [1.82, 2.24) is 0 Å². The third-order valence-electron chi connectivity index (χ3n) is 1.02. The Morgan fingerprint density at radius 1 is 1.50 bits per heavy atom. The number of alkyl halides is 2. The third-order valence-corrected chi connectivity index (χ3v) is 2.16. The van der Waals surface area contributed by atoms with Gasteiger partial charge in [0.25, 0.3) is 0 Å². The minimum Gasteiger partial charge on any atom is -0.127 e. The maximum Gasteiger partial charge on any atom is 0.0234 e. The molecular formula is C6H12BrCl. The number of hydrogen-bond donors (Lipinski definition) is 0. The van der Waals surface area contributed by atoms with Crippen LogP contribution in [0.25, 0.3) is 0 Å². The van der Waals surface area contributed by atoms with E-state index in [4.69, 9.17) is 11.6 Å². The van der Waals surface area contributed by atoms with Crippen LogP contribution in [0.4, 0.5) is 0 Å². The van der Waals surface area contributed by atoms with E-state index < -0.39 is 0 Å². The van der Waals surface area contributed by atoms with Crippen molar-refractivity contribution in [1.29, 1.82) is 0 Å². The lowest BCUT2D eigenvalue weighted by atomic mass is 10.2. The topological polar surface area (TPSA) is 0 Å². The Balaban J connectivity index is 2.92. The molecule has 1 unspecified atom stereocenters. The number of halogens is 2. The van der Waals surface area contributed by atoms with Gasteiger partial charge in [0.1, 0.15) is 0 Å². The van der Waals surface area contributed by atoms with Gasteiger partial charge in [-0.2, -0.15) is 0 Å². The van der Waals surface area contributed by atoms with E-state index in [0.29, 0.717) is 4.83 Å². The molecule has 8 heavy (non-hydrogen) atoms. The second kappa shape index (κ2) is 5.90. The molecule has 0 aliphatic heterocycles. The van der Waals surface area contributed by atoms with Crippen molar-refractivity contribution in [2.75, 3.05) is 5.88 Å². The van der Waals surface area contributed by atoms with Gasteiger partial charge in [0.15, 0.2) is 0 Å². The van der Waals surface area contributed by atoms with E-state index in [1.165, 1.54) is 12.8 Å². The van der Waals surface area contributed by atoms with E-state index in [2.05, 4.69) is 22.9 Å². The molecule has 0 heterocycles. The smallest absolute Gasteiger partial charge is 0.0234 e. The first-order valence-electron chi connectivity index (χ1n) is 3.01. The van der Waals surface area contributed by atoms with Crippen LogP contribution < -0.4 is 0 Å². The van der Waals surface area contributed by atoms with Crippen LogP contribution in [0.1, 0.15) is 26.2 Å². The van der Waals surface area contributed by atoms with Gasteiger partial charge in [-0.3, -0.25) is 0 Å². The number of rotatable bonds is 4. The van der Waals surface area contributed by atoms with Crippen molar-refractivity contribution in [3.63, 3.8) is 0 Å². The zero-order chi connectivity index (χ0) is 6.41. The Hall–Kier alpha value is 0.770. The monoisotopic (exact) mass is 198 g/mol. The molecule has 0 N–H and O–H groups in total. The maximum absolute atomic E-state index is 5.50. The molecule has 0 saturated heterocycles. The first-order valence-corrected chi connectivity index (χ1v) is 4.46. The summed E-state index contributed by atoms with van der Waals surface area (Å²) in [7, 11) is 0. The summed E-state index contributed by atoms with van der Waals surface area (Å²) in [5.41, 5.74) is 0. The normalized spacial score (nSPS) is 13.9. The molecule has 1 atom stereocenters. The Morgan fingerprint density at radius 3 is 2.50 bits per heavy atom. The van der Waals surface area contributed by atoms with Crippen LogP contribution in [0.2, 0.25) is 0 Å². The summed E-state index contributed by atoms with van der Waals surface area (Å²) in [4.78, 5) is 0.644. The summed E-state index contributed by atoms with van der Waals surface area (Å²) < 4.78 is 0. The van der Waals surface area contributed by atoms with E-state index in [1.54, 1.807) is 0 Å². The predicted octanol–water partition coefficient (Wildman–Crippen LogP) is 3.18. The Kier molecular flexibility index (Phi) is 6.47. The van der Waals surface area contributed by atoms with E-state index in [9.17, 15) is 0 Å². The SMILES string of the molecule is CCCC(Br)CCCl. The molecule has 50 valence electrons. The van der Waals surface area contributed by atoms with Crippen LogP contribution in [0.5, 0.6) is 0 Å². The summed E-state index contributed by atoms with van der Waals surface area (Å²) in [6.45, 7) is 2.18. The zero-order valence-corrected chi connectivity index (χ0v) is 7.50. The molecule has 0 aliphatic rings. The molecule has 0 aliphatic carbocycles. The fourth-order valence-electron chi connectivity index (χ4n) is 0.576. The van der Waals surface area contributed by atoms with Gasteiger partial charge in [-0.15, -0.1) is 11.6 Å². The van der Waals surface area contributed by atoms with Gasteiger partial charge in [0.05, 0.1) is 0 Å². The van der Waals surface area contributed by atoms with Crippen molar-refractivity contribution >= 4 is 27.5 Å². The summed E-state index contributed by atoms with van der Waals surface area (Å²) in [6, 6.07) is 0. The molecule has 0 radical (unpaired) electrons. The fraction of sp³-hybridized carbons (Fsp3) is 1.00. The largest absolute Gasteiger partial charge is 0.127 e. The van der Waals surface area contributed by atoms with Gasteiger partial charge in [0, 0.05) is 10.7 Å². The molecule has 0 nitrogen and oxygen atoms in total. The molecule has 0 amide bonds. The van der Waals surface area contributed by atoms with Gasteiger partial charge in [-0.25, -0.2) is 0 Å². The van der Waals surface area contributed by atoms with Crippen molar-refractivity contribution in [2.24, 2.45) is 0 Å². The molecule has 0 spiro atoms. The molecular weight excluding hydrogens is 187 g/mol. The summed E-state index contributed by atoms with van der Waals surface area (Å²) >= 11 is 9.02. The van der Waals surface area contributed by atoms with Crippen molar-refractivity contribution < 1.29 is 0 Å². The lowest BCUT2D eigenvalue weighted by molar-refractivity contribution is 0.732. The predicted molar refractivity (Wildman–Crippen MR) is 43.0 cm³/mol. The van der Waals surface area contributed by atoms with E-state index >= 15 is 0 Å².